The standard InChI is InChI=1S/C7H8Si.Ti/c1-8-7-5-3-2-4-6-7;/h2-6H,1H3;. The fourth-order valence-electron chi connectivity index (χ4n) is 0.688. The van der Waals surface area contributed by atoms with Crippen LogP contribution < -0.4 is 5.19 Å². The Balaban J connectivity index is 2.98. The van der Waals surface area contributed by atoms with Crippen molar-refractivity contribution in [3.8, 4) is 0 Å². The monoisotopic (exact) mass is 168 g/mol. The molecule has 0 nitrogen and oxygen atoms in total. The number of rotatable bonds is 1. The summed E-state index contributed by atoms with van der Waals surface area (Å²) in [5.74, 6) is 0. The minimum atomic E-state index is -0.212. The van der Waals surface area contributed by atoms with E-state index in [2.05, 4.69) is 56.1 Å². The van der Waals surface area contributed by atoms with Crippen molar-refractivity contribution >= 4 is 11.4 Å². The Morgan fingerprint density at radius 2 is 1.78 bits per heavy atom. The SMILES string of the molecule is C[Si](=[Ti])c1ccccc1. The van der Waals surface area contributed by atoms with Crippen LogP contribution in [0.5, 0.6) is 0 Å². The van der Waals surface area contributed by atoms with Crippen molar-refractivity contribution in [1.82, 2.24) is 0 Å². The van der Waals surface area contributed by atoms with Crippen molar-refractivity contribution in [2.45, 2.75) is 6.55 Å². The van der Waals surface area contributed by atoms with Crippen LogP contribution in [0.2, 0.25) is 6.55 Å². The van der Waals surface area contributed by atoms with Gasteiger partial charge in [-0.05, 0) is 0 Å². The molecule has 0 aliphatic carbocycles. The molecule has 0 spiro atoms. The van der Waals surface area contributed by atoms with Gasteiger partial charge in [0.05, 0.1) is 0 Å². The van der Waals surface area contributed by atoms with Gasteiger partial charge in [-0.15, -0.1) is 0 Å². The summed E-state index contributed by atoms with van der Waals surface area (Å²) in [4.78, 5) is 0. The van der Waals surface area contributed by atoms with E-state index in [4.69, 9.17) is 0 Å². The maximum atomic E-state index is 2.31. The van der Waals surface area contributed by atoms with Gasteiger partial charge in [0.2, 0.25) is 0 Å². The van der Waals surface area contributed by atoms with Crippen LogP contribution in [0.3, 0.4) is 0 Å². The average Bonchev–Trinajstić information content (AvgIpc) is 1.90. The van der Waals surface area contributed by atoms with Crippen LogP contribution in [-0.4, -0.2) is 6.19 Å². The first-order chi connectivity index (χ1) is 4.30. The number of hydrogen-bond donors (Lipinski definition) is 0. The topological polar surface area (TPSA) is 0 Å². The summed E-state index contributed by atoms with van der Waals surface area (Å²) in [5, 5.41) is 1.52. The fraction of sp³-hybridized carbons (Fsp3) is 0.143. The Morgan fingerprint density at radius 1 is 1.22 bits per heavy atom. The van der Waals surface area contributed by atoms with E-state index in [1.54, 1.807) is 0 Å². The van der Waals surface area contributed by atoms with Crippen LogP contribution in [0, 0.1) is 0 Å². The molecule has 1 aromatic rings. The molecule has 0 atom stereocenters. The Bertz CT molecular complexity index is 205. The molecule has 0 fully saturated rings. The van der Waals surface area contributed by atoms with Crippen LogP contribution >= 0.6 is 0 Å². The predicted molar refractivity (Wildman–Crippen MR) is 37.7 cm³/mol. The normalized spacial score (nSPS) is 8.89. The molecular weight excluding hydrogens is 160 g/mol. The molecule has 9 heavy (non-hydrogen) atoms. The van der Waals surface area contributed by atoms with Crippen molar-refractivity contribution in [3.05, 3.63) is 30.3 Å². The van der Waals surface area contributed by atoms with Gasteiger partial charge in [-0.3, -0.25) is 0 Å². The molecule has 1 aromatic carbocycles. The molecule has 0 aliphatic heterocycles. The van der Waals surface area contributed by atoms with Gasteiger partial charge in [0, 0.05) is 0 Å². The van der Waals surface area contributed by atoms with E-state index in [1.165, 1.54) is 5.19 Å². The summed E-state index contributed by atoms with van der Waals surface area (Å²) >= 11 is 2.31. The molecule has 0 N–H and O–H groups in total. The van der Waals surface area contributed by atoms with Crippen molar-refractivity contribution < 1.29 is 19.2 Å². The Labute approximate surface area is 67.5 Å². The first-order valence-electron chi connectivity index (χ1n) is 2.91. The zero-order valence-corrected chi connectivity index (χ0v) is 7.95. The van der Waals surface area contributed by atoms with E-state index in [-0.39, 0.29) is 6.19 Å². The van der Waals surface area contributed by atoms with Crippen LogP contribution in [0.25, 0.3) is 0 Å². The van der Waals surface area contributed by atoms with E-state index in [1.807, 2.05) is 0 Å². The molecule has 2 heteroatoms. The Hall–Kier alpha value is 0.151. The first kappa shape index (κ1) is 7.26. The third-order valence-corrected chi connectivity index (χ3v) is 3.76. The van der Waals surface area contributed by atoms with Crippen molar-refractivity contribution in [1.29, 1.82) is 0 Å². The van der Waals surface area contributed by atoms with E-state index in [0.29, 0.717) is 0 Å². The molecule has 44 valence electrons. The molecule has 0 unspecified atom stereocenters. The zero-order chi connectivity index (χ0) is 6.69. The van der Waals surface area contributed by atoms with E-state index < -0.39 is 0 Å². The summed E-state index contributed by atoms with van der Waals surface area (Å²) in [6, 6.07) is 10.7. The van der Waals surface area contributed by atoms with Gasteiger partial charge in [-0.25, -0.2) is 0 Å². The Kier molecular flexibility index (Phi) is 2.70. The van der Waals surface area contributed by atoms with E-state index >= 15 is 0 Å². The quantitative estimate of drug-likeness (QED) is 0.550. The van der Waals surface area contributed by atoms with Crippen LogP contribution in [0.1, 0.15) is 0 Å². The molecule has 0 radical (unpaired) electrons. The summed E-state index contributed by atoms with van der Waals surface area (Å²) in [7, 11) is 0. The second-order valence-electron chi connectivity index (χ2n) is 1.99. The number of hydrogen-bond acceptors (Lipinski definition) is 0. The van der Waals surface area contributed by atoms with Crippen molar-refractivity contribution in [2.75, 3.05) is 0 Å². The van der Waals surface area contributed by atoms with E-state index in [9.17, 15) is 0 Å². The zero-order valence-electron chi connectivity index (χ0n) is 5.39. The van der Waals surface area contributed by atoms with Crippen LogP contribution in [-0.2, 0) is 19.2 Å². The average molecular weight is 168 g/mol. The van der Waals surface area contributed by atoms with Gasteiger partial charge in [-0.2, -0.15) is 0 Å². The summed E-state index contributed by atoms with van der Waals surface area (Å²) in [6.45, 7) is 2.31. The van der Waals surface area contributed by atoms with Gasteiger partial charge < -0.3 is 0 Å². The molecule has 0 heterocycles. The fourth-order valence-corrected chi connectivity index (χ4v) is 2.16. The molecule has 0 amide bonds. The van der Waals surface area contributed by atoms with Crippen LogP contribution in [0.4, 0.5) is 0 Å². The molecular formula is C7H8SiTi. The van der Waals surface area contributed by atoms with Gasteiger partial charge >= 0.3 is 67.4 Å². The van der Waals surface area contributed by atoms with Crippen LogP contribution in [0.15, 0.2) is 30.3 Å². The van der Waals surface area contributed by atoms with Crippen molar-refractivity contribution in [2.24, 2.45) is 0 Å². The summed E-state index contributed by atoms with van der Waals surface area (Å²) in [6.07, 6.45) is -0.212. The molecule has 1 rings (SSSR count). The first-order valence-corrected chi connectivity index (χ1v) is 7.25. The summed E-state index contributed by atoms with van der Waals surface area (Å²) < 4.78 is 0. The Morgan fingerprint density at radius 3 is 2.11 bits per heavy atom. The molecule has 0 saturated carbocycles. The van der Waals surface area contributed by atoms with Gasteiger partial charge in [0.15, 0.2) is 0 Å². The predicted octanol–water partition coefficient (Wildman–Crippen LogP) is 1.06. The second-order valence-corrected chi connectivity index (χ2v) is 7.33. The molecule has 0 aromatic heterocycles. The maximum absolute atomic E-state index is 2.31. The van der Waals surface area contributed by atoms with Crippen molar-refractivity contribution in [3.63, 3.8) is 0 Å². The van der Waals surface area contributed by atoms with Gasteiger partial charge in [0.1, 0.15) is 0 Å². The molecule has 0 saturated heterocycles. The summed E-state index contributed by atoms with van der Waals surface area (Å²) in [5.41, 5.74) is 0. The number of benzene rings is 1. The van der Waals surface area contributed by atoms with Gasteiger partial charge in [0.25, 0.3) is 0 Å². The third kappa shape index (κ3) is 2.09. The second kappa shape index (κ2) is 3.35. The minimum absolute atomic E-state index is 0.212. The van der Waals surface area contributed by atoms with E-state index in [0.717, 1.165) is 0 Å². The third-order valence-electron chi connectivity index (χ3n) is 1.21. The van der Waals surface area contributed by atoms with Gasteiger partial charge in [-0.1, -0.05) is 0 Å². The molecule has 0 aliphatic rings. The molecule has 0 bridgehead atoms.